The molecule has 2 aromatic rings. The van der Waals surface area contributed by atoms with Crippen molar-refractivity contribution in [2.75, 3.05) is 6.61 Å². The van der Waals surface area contributed by atoms with Gasteiger partial charge in [0, 0.05) is 16.7 Å². The van der Waals surface area contributed by atoms with Crippen molar-refractivity contribution in [2.24, 2.45) is 5.92 Å². The minimum absolute atomic E-state index is 0.00538. The van der Waals surface area contributed by atoms with Gasteiger partial charge in [0.1, 0.15) is 5.82 Å². The second kappa shape index (κ2) is 7.07. The molecule has 0 amide bonds. The van der Waals surface area contributed by atoms with Crippen LogP contribution in [0.3, 0.4) is 0 Å². The lowest BCUT2D eigenvalue weighted by Crippen LogP contribution is -2.13. The van der Waals surface area contributed by atoms with Crippen LogP contribution in [0, 0.1) is 11.7 Å². The van der Waals surface area contributed by atoms with Gasteiger partial charge in [-0.1, -0.05) is 41.4 Å². The number of benzene rings is 2. The van der Waals surface area contributed by atoms with Crippen LogP contribution in [0.1, 0.15) is 11.1 Å². The Morgan fingerprint density at radius 1 is 1.00 bits per heavy atom. The maximum atomic E-state index is 13.8. The summed E-state index contributed by atoms with van der Waals surface area (Å²) in [5, 5.41) is 10.5. The minimum atomic E-state index is -0.331. The fourth-order valence-electron chi connectivity index (χ4n) is 2.20. The summed E-state index contributed by atoms with van der Waals surface area (Å²) in [7, 11) is 0. The lowest BCUT2D eigenvalue weighted by Gasteiger charge is -2.15. The molecule has 2 aromatic carbocycles. The minimum Gasteiger partial charge on any atom is -0.396 e. The Kier molecular flexibility index (Phi) is 5.41. The molecule has 1 nitrogen and oxygen atoms in total. The molecular formula is C16H15Cl2FO. The van der Waals surface area contributed by atoms with Gasteiger partial charge in [0.15, 0.2) is 0 Å². The Balaban J connectivity index is 2.09. The first-order chi connectivity index (χ1) is 9.58. The number of aliphatic hydroxyl groups is 1. The van der Waals surface area contributed by atoms with E-state index in [9.17, 15) is 9.50 Å². The maximum Gasteiger partial charge on any atom is 0.127 e. The highest BCUT2D eigenvalue weighted by Gasteiger charge is 2.13. The van der Waals surface area contributed by atoms with E-state index in [1.165, 1.54) is 6.07 Å². The van der Waals surface area contributed by atoms with Gasteiger partial charge in [0.2, 0.25) is 0 Å². The Morgan fingerprint density at radius 3 is 2.40 bits per heavy atom. The fraction of sp³-hybridized carbons (Fsp3) is 0.250. The quantitative estimate of drug-likeness (QED) is 0.860. The number of rotatable bonds is 5. The van der Waals surface area contributed by atoms with Crippen molar-refractivity contribution in [3.63, 3.8) is 0 Å². The molecule has 0 spiro atoms. The van der Waals surface area contributed by atoms with Crippen molar-refractivity contribution in [1.82, 2.24) is 0 Å². The lowest BCUT2D eigenvalue weighted by atomic mass is 9.93. The van der Waals surface area contributed by atoms with E-state index >= 15 is 0 Å². The van der Waals surface area contributed by atoms with E-state index in [0.29, 0.717) is 28.5 Å². The standard InChI is InChI=1S/C16H15Cl2FO/c17-14-3-1-2-11(8-14)6-12(10-20)7-13-4-5-15(18)9-16(13)19/h1-5,8-9,12,20H,6-7,10H2. The van der Waals surface area contributed by atoms with Crippen molar-refractivity contribution in [3.05, 3.63) is 69.5 Å². The summed E-state index contributed by atoms with van der Waals surface area (Å²) < 4.78 is 13.8. The highest BCUT2D eigenvalue weighted by molar-refractivity contribution is 6.30. The summed E-state index contributed by atoms with van der Waals surface area (Å²) >= 11 is 11.7. The largest absolute Gasteiger partial charge is 0.396 e. The molecule has 2 rings (SSSR count). The van der Waals surface area contributed by atoms with Crippen LogP contribution in [0.2, 0.25) is 10.0 Å². The van der Waals surface area contributed by atoms with Crippen molar-refractivity contribution >= 4 is 23.2 Å². The highest BCUT2D eigenvalue weighted by atomic mass is 35.5. The molecule has 0 radical (unpaired) electrons. The third kappa shape index (κ3) is 4.20. The second-order valence-corrected chi connectivity index (χ2v) is 5.70. The third-order valence-electron chi connectivity index (χ3n) is 3.20. The molecule has 0 saturated carbocycles. The molecular weight excluding hydrogens is 298 g/mol. The SMILES string of the molecule is OCC(Cc1cccc(Cl)c1)Cc1ccc(Cl)cc1F. The summed E-state index contributed by atoms with van der Waals surface area (Å²) in [6.45, 7) is -0.00538. The van der Waals surface area contributed by atoms with Crippen molar-refractivity contribution in [1.29, 1.82) is 0 Å². The molecule has 0 aliphatic carbocycles. The molecule has 0 fully saturated rings. The van der Waals surface area contributed by atoms with Gasteiger partial charge in [-0.25, -0.2) is 4.39 Å². The first-order valence-electron chi connectivity index (χ1n) is 6.37. The van der Waals surface area contributed by atoms with Crippen LogP contribution in [0.25, 0.3) is 0 Å². The zero-order valence-corrected chi connectivity index (χ0v) is 12.3. The summed E-state index contributed by atoms with van der Waals surface area (Å²) in [6, 6.07) is 12.1. The van der Waals surface area contributed by atoms with E-state index in [-0.39, 0.29) is 18.3 Å². The number of hydrogen-bond donors (Lipinski definition) is 1. The average Bonchev–Trinajstić information content (AvgIpc) is 2.41. The molecule has 0 heterocycles. The summed E-state index contributed by atoms with van der Waals surface area (Å²) in [5.74, 6) is -0.383. The zero-order valence-electron chi connectivity index (χ0n) is 10.8. The summed E-state index contributed by atoms with van der Waals surface area (Å²) in [6.07, 6.45) is 1.12. The molecule has 4 heteroatoms. The van der Waals surface area contributed by atoms with Crippen molar-refractivity contribution in [3.8, 4) is 0 Å². The number of aliphatic hydroxyl groups excluding tert-OH is 1. The molecule has 0 bridgehead atoms. The lowest BCUT2D eigenvalue weighted by molar-refractivity contribution is 0.224. The van der Waals surface area contributed by atoms with E-state index in [2.05, 4.69) is 0 Å². The smallest absolute Gasteiger partial charge is 0.127 e. The van der Waals surface area contributed by atoms with Gasteiger partial charge >= 0.3 is 0 Å². The van der Waals surface area contributed by atoms with Crippen LogP contribution in [0.4, 0.5) is 4.39 Å². The molecule has 0 aliphatic rings. The predicted octanol–water partition coefficient (Wildman–Crippen LogP) is 4.53. The molecule has 0 saturated heterocycles. The Labute approximate surface area is 128 Å². The van der Waals surface area contributed by atoms with Crippen LogP contribution < -0.4 is 0 Å². The van der Waals surface area contributed by atoms with Gasteiger partial charge in [0.05, 0.1) is 0 Å². The van der Waals surface area contributed by atoms with Crippen LogP contribution in [0.15, 0.2) is 42.5 Å². The topological polar surface area (TPSA) is 20.2 Å². The van der Waals surface area contributed by atoms with Crippen LogP contribution in [-0.2, 0) is 12.8 Å². The molecule has 106 valence electrons. The van der Waals surface area contributed by atoms with Gasteiger partial charge in [-0.2, -0.15) is 0 Å². The fourth-order valence-corrected chi connectivity index (χ4v) is 2.57. The summed E-state index contributed by atoms with van der Waals surface area (Å²) in [4.78, 5) is 0. The number of hydrogen-bond acceptors (Lipinski definition) is 1. The van der Waals surface area contributed by atoms with Crippen molar-refractivity contribution < 1.29 is 9.50 Å². The van der Waals surface area contributed by atoms with Crippen LogP contribution in [0.5, 0.6) is 0 Å². The number of halogens is 3. The van der Waals surface area contributed by atoms with E-state index in [1.54, 1.807) is 18.2 Å². The van der Waals surface area contributed by atoms with Gasteiger partial charge in [-0.05, 0) is 54.2 Å². The molecule has 1 N–H and O–H groups in total. The predicted molar refractivity (Wildman–Crippen MR) is 80.8 cm³/mol. The van der Waals surface area contributed by atoms with Gasteiger partial charge in [-0.15, -0.1) is 0 Å². The molecule has 0 aromatic heterocycles. The van der Waals surface area contributed by atoms with Crippen molar-refractivity contribution in [2.45, 2.75) is 12.8 Å². The van der Waals surface area contributed by atoms with E-state index < -0.39 is 0 Å². The molecule has 20 heavy (non-hydrogen) atoms. The van der Waals surface area contributed by atoms with E-state index in [1.807, 2.05) is 18.2 Å². The second-order valence-electron chi connectivity index (χ2n) is 4.82. The Morgan fingerprint density at radius 2 is 1.75 bits per heavy atom. The Hall–Kier alpha value is -1.09. The summed E-state index contributed by atoms with van der Waals surface area (Å²) in [5.41, 5.74) is 1.60. The zero-order chi connectivity index (χ0) is 14.5. The monoisotopic (exact) mass is 312 g/mol. The van der Waals surface area contributed by atoms with E-state index in [0.717, 1.165) is 5.56 Å². The first kappa shape index (κ1) is 15.3. The van der Waals surface area contributed by atoms with Gasteiger partial charge < -0.3 is 5.11 Å². The van der Waals surface area contributed by atoms with E-state index in [4.69, 9.17) is 23.2 Å². The molecule has 0 aliphatic heterocycles. The normalized spacial score (nSPS) is 12.4. The van der Waals surface area contributed by atoms with Gasteiger partial charge in [0.25, 0.3) is 0 Å². The highest BCUT2D eigenvalue weighted by Crippen LogP contribution is 2.21. The van der Waals surface area contributed by atoms with Gasteiger partial charge in [-0.3, -0.25) is 0 Å². The maximum absolute atomic E-state index is 13.8. The first-order valence-corrected chi connectivity index (χ1v) is 7.13. The molecule has 1 atom stereocenters. The third-order valence-corrected chi connectivity index (χ3v) is 3.67. The van der Waals surface area contributed by atoms with Crippen LogP contribution in [-0.4, -0.2) is 11.7 Å². The van der Waals surface area contributed by atoms with Crippen LogP contribution >= 0.6 is 23.2 Å². The average molecular weight is 313 g/mol. The Bertz CT molecular complexity index is 586. The molecule has 1 unspecified atom stereocenters.